The van der Waals surface area contributed by atoms with Gasteiger partial charge in [-0.25, -0.2) is 15.0 Å². The first-order chi connectivity index (χ1) is 15.2. The smallest absolute Gasteiger partial charge is 0.329 e. The Balaban J connectivity index is 1.81. The Morgan fingerprint density at radius 2 is 1.62 bits per heavy atom. The SMILES string of the molecule is CCC(=O)c1ccccc1NC(=O)NCC(=O)NNC(=O)Nc1cc([N+](=O)[O-])ccc1C. The van der Waals surface area contributed by atoms with E-state index in [1.165, 1.54) is 18.2 Å². The summed E-state index contributed by atoms with van der Waals surface area (Å²) in [5.41, 5.74) is 5.40. The molecule has 5 amide bonds. The number of nitro groups is 1. The van der Waals surface area contributed by atoms with Crippen LogP contribution in [0.1, 0.15) is 29.3 Å². The van der Waals surface area contributed by atoms with Gasteiger partial charge in [0.2, 0.25) is 0 Å². The van der Waals surface area contributed by atoms with Crippen molar-refractivity contribution in [1.29, 1.82) is 0 Å². The van der Waals surface area contributed by atoms with Crippen molar-refractivity contribution in [1.82, 2.24) is 16.2 Å². The van der Waals surface area contributed by atoms with Crippen molar-refractivity contribution in [2.75, 3.05) is 17.2 Å². The number of nitrogens with zero attached hydrogens (tertiary/aromatic N) is 1. The second-order valence-electron chi connectivity index (χ2n) is 6.51. The number of carbonyl (C=O) groups is 4. The van der Waals surface area contributed by atoms with Gasteiger partial charge in [0.1, 0.15) is 6.54 Å². The average Bonchev–Trinajstić information content (AvgIpc) is 2.77. The fourth-order valence-corrected chi connectivity index (χ4v) is 2.54. The number of hydrazine groups is 1. The van der Waals surface area contributed by atoms with Gasteiger partial charge in [0.15, 0.2) is 5.78 Å². The van der Waals surface area contributed by atoms with E-state index in [2.05, 4.69) is 26.8 Å². The van der Waals surface area contributed by atoms with Crippen LogP contribution in [0, 0.1) is 17.0 Å². The molecule has 2 rings (SSSR count). The first-order valence-electron chi connectivity index (χ1n) is 9.49. The Bertz CT molecular complexity index is 1050. The quantitative estimate of drug-likeness (QED) is 0.250. The molecule has 5 N–H and O–H groups in total. The second-order valence-corrected chi connectivity index (χ2v) is 6.51. The lowest BCUT2D eigenvalue weighted by atomic mass is 10.1. The normalized spacial score (nSPS) is 9.94. The van der Waals surface area contributed by atoms with E-state index in [-0.39, 0.29) is 23.6 Å². The lowest BCUT2D eigenvalue weighted by Gasteiger charge is -2.12. The number of ketones is 1. The first-order valence-corrected chi connectivity index (χ1v) is 9.49. The summed E-state index contributed by atoms with van der Waals surface area (Å²) in [5.74, 6) is -0.878. The van der Waals surface area contributed by atoms with Crippen LogP contribution < -0.4 is 26.8 Å². The van der Waals surface area contributed by atoms with Crippen molar-refractivity contribution in [3.8, 4) is 0 Å². The fourth-order valence-electron chi connectivity index (χ4n) is 2.54. The van der Waals surface area contributed by atoms with E-state index >= 15 is 0 Å². The number of nitrogens with one attached hydrogen (secondary N) is 5. The third-order valence-electron chi connectivity index (χ3n) is 4.20. The highest BCUT2D eigenvalue weighted by molar-refractivity contribution is 6.04. The lowest BCUT2D eigenvalue weighted by Crippen LogP contribution is -2.48. The first kappa shape index (κ1) is 23.8. The summed E-state index contributed by atoms with van der Waals surface area (Å²) < 4.78 is 0. The van der Waals surface area contributed by atoms with Crippen LogP contribution >= 0.6 is 0 Å². The number of amides is 5. The maximum absolute atomic E-state index is 12.0. The molecule has 12 heteroatoms. The summed E-state index contributed by atoms with van der Waals surface area (Å²) in [4.78, 5) is 57.9. The van der Waals surface area contributed by atoms with Gasteiger partial charge in [-0.2, -0.15) is 0 Å². The van der Waals surface area contributed by atoms with Crippen molar-refractivity contribution >= 4 is 40.8 Å². The Hall–Kier alpha value is -4.48. The van der Waals surface area contributed by atoms with Gasteiger partial charge in [0.25, 0.3) is 11.6 Å². The summed E-state index contributed by atoms with van der Waals surface area (Å²) in [6, 6.07) is 8.88. The topological polar surface area (TPSA) is 172 Å². The molecular formula is C20H22N6O6. The van der Waals surface area contributed by atoms with Crippen LogP contribution in [0.25, 0.3) is 0 Å². The lowest BCUT2D eigenvalue weighted by molar-refractivity contribution is -0.384. The van der Waals surface area contributed by atoms with Crippen molar-refractivity contribution in [2.24, 2.45) is 0 Å². The molecule has 0 unspecified atom stereocenters. The number of urea groups is 2. The van der Waals surface area contributed by atoms with Gasteiger partial charge in [-0.15, -0.1) is 0 Å². The van der Waals surface area contributed by atoms with Crippen LogP contribution in [-0.4, -0.2) is 35.2 Å². The van der Waals surface area contributed by atoms with E-state index in [0.29, 0.717) is 16.8 Å². The number of Topliss-reactive ketones (excluding diaryl/α,β-unsaturated/α-hetero) is 1. The minimum absolute atomic E-state index is 0.146. The van der Waals surface area contributed by atoms with Crippen LogP contribution in [0.3, 0.4) is 0 Å². The van der Waals surface area contributed by atoms with Gasteiger partial charge >= 0.3 is 12.1 Å². The molecule has 2 aromatic carbocycles. The Labute approximate surface area is 182 Å². The molecule has 0 bridgehead atoms. The fraction of sp³-hybridized carbons (Fsp3) is 0.200. The van der Waals surface area contributed by atoms with Crippen molar-refractivity contribution < 1.29 is 24.1 Å². The maximum Gasteiger partial charge on any atom is 0.337 e. The van der Waals surface area contributed by atoms with E-state index in [0.717, 1.165) is 0 Å². The van der Waals surface area contributed by atoms with Gasteiger partial charge in [-0.3, -0.25) is 25.1 Å². The van der Waals surface area contributed by atoms with Crippen molar-refractivity contribution in [3.63, 3.8) is 0 Å². The number of nitro benzene ring substituents is 1. The highest BCUT2D eigenvalue weighted by Gasteiger charge is 2.13. The van der Waals surface area contributed by atoms with Gasteiger partial charge in [-0.1, -0.05) is 25.1 Å². The Morgan fingerprint density at radius 3 is 2.31 bits per heavy atom. The molecule has 0 aliphatic rings. The molecule has 0 radical (unpaired) electrons. The van der Waals surface area contributed by atoms with Crippen LogP contribution in [-0.2, 0) is 4.79 Å². The van der Waals surface area contributed by atoms with E-state index in [1.807, 2.05) is 0 Å². The molecule has 0 saturated carbocycles. The molecule has 168 valence electrons. The predicted molar refractivity (Wildman–Crippen MR) is 116 cm³/mol. The molecule has 0 aliphatic carbocycles. The van der Waals surface area contributed by atoms with Crippen molar-refractivity contribution in [3.05, 3.63) is 63.7 Å². The highest BCUT2D eigenvalue weighted by Crippen LogP contribution is 2.21. The Kier molecular flexibility index (Phi) is 8.22. The van der Waals surface area contributed by atoms with E-state index < -0.39 is 29.4 Å². The number of hydrogen-bond donors (Lipinski definition) is 5. The zero-order chi connectivity index (χ0) is 23.7. The molecule has 0 saturated heterocycles. The van der Waals surface area contributed by atoms with E-state index in [4.69, 9.17) is 0 Å². The number of non-ortho nitro benzene ring substituents is 1. The minimum atomic E-state index is -0.835. The zero-order valence-electron chi connectivity index (χ0n) is 17.4. The molecule has 0 heterocycles. The predicted octanol–water partition coefficient (Wildman–Crippen LogP) is 2.47. The summed E-state index contributed by atoms with van der Waals surface area (Å²) in [5, 5.41) is 18.0. The number of para-hydroxylation sites is 1. The number of rotatable bonds is 7. The van der Waals surface area contributed by atoms with Crippen LogP contribution in [0.4, 0.5) is 26.7 Å². The number of carbonyl (C=O) groups excluding carboxylic acids is 4. The molecule has 12 nitrogen and oxygen atoms in total. The van der Waals surface area contributed by atoms with Crippen LogP contribution in [0.5, 0.6) is 0 Å². The van der Waals surface area contributed by atoms with E-state index in [1.54, 1.807) is 38.1 Å². The molecule has 0 aliphatic heterocycles. The standard InChI is InChI=1S/C20H22N6O6/c1-3-17(27)14-6-4-5-7-15(14)22-19(29)21-11-18(28)24-25-20(30)23-16-10-13(26(31)32)9-8-12(16)2/h4-10H,3,11H2,1-2H3,(H,24,28)(H2,21,22,29)(H2,23,25,30). The van der Waals surface area contributed by atoms with Gasteiger partial charge in [0, 0.05) is 24.1 Å². The summed E-state index contributed by atoms with van der Waals surface area (Å²) >= 11 is 0. The second kappa shape index (κ2) is 11.1. The average molecular weight is 442 g/mol. The number of benzene rings is 2. The molecular weight excluding hydrogens is 420 g/mol. The maximum atomic E-state index is 12.0. The Morgan fingerprint density at radius 1 is 0.938 bits per heavy atom. The number of anilines is 2. The molecule has 0 spiro atoms. The summed E-state index contributed by atoms with van der Waals surface area (Å²) in [6.07, 6.45) is 0.270. The van der Waals surface area contributed by atoms with Crippen LogP contribution in [0.2, 0.25) is 0 Å². The van der Waals surface area contributed by atoms with Gasteiger partial charge in [0.05, 0.1) is 16.3 Å². The molecule has 32 heavy (non-hydrogen) atoms. The number of aryl methyl sites for hydroxylation is 1. The van der Waals surface area contributed by atoms with E-state index in [9.17, 15) is 29.3 Å². The molecule has 2 aromatic rings. The number of hydrogen-bond acceptors (Lipinski definition) is 6. The third-order valence-corrected chi connectivity index (χ3v) is 4.20. The molecule has 0 atom stereocenters. The third kappa shape index (κ3) is 6.79. The zero-order valence-corrected chi connectivity index (χ0v) is 17.4. The largest absolute Gasteiger partial charge is 0.337 e. The van der Waals surface area contributed by atoms with Gasteiger partial charge < -0.3 is 16.0 Å². The highest BCUT2D eigenvalue weighted by atomic mass is 16.6. The van der Waals surface area contributed by atoms with Gasteiger partial charge in [-0.05, 0) is 24.6 Å². The summed E-state index contributed by atoms with van der Waals surface area (Å²) in [6.45, 7) is 2.88. The molecule has 0 aromatic heterocycles. The van der Waals surface area contributed by atoms with Crippen molar-refractivity contribution in [2.45, 2.75) is 20.3 Å². The van der Waals surface area contributed by atoms with Crippen LogP contribution in [0.15, 0.2) is 42.5 Å². The minimum Gasteiger partial charge on any atom is -0.329 e. The molecule has 0 fully saturated rings. The monoisotopic (exact) mass is 442 g/mol. The summed E-state index contributed by atoms with van der Waals surface area (Å²) in [7, 11) is 0.